The summed E-state index contributed by atoms with van der Waals surface area (Å²) in [7, 11) is 0. The average Bonchev–Trinajstić information content (AvgIpc) is 2.87. The highest BCUT2D eigenvalue weighted by atomic mass is 32.1. The molecule has 2 amide bonds. The molecule has 1 saturated heterocycles. The van der Waals surface area contributed by atoms with E-state index in [4.69, 9.17) is 12.2 Å². The van der Waals surface area contributed by atoms with E-state index in [2.05, 4.69) is 20.6 Å². The summed E-state index contributed by atoms with van der Waals surface area (Å²) in [6, 6.07) is -2.95. The van der Waals surface area contributed by atoms with Crippen LogP contribution in [0.3, 0.4) is 0 Å². The Balaban J connectivity index is 2.51. The van der Waals surface area contributed by atoms with Gasteiger partial charge in [0, 0.05) is 36.5 Å². The first kappa shape index (κ1) is 33.5. The Morgan fingerprint density at radius 1 is 1.27 bits per heavy atom. The van der Waals surface area contributed by atoms with Gasteiger partial charge in [-0.05, 0) is 59.4 Å². The third-order valence-corrected chi connectivity index (χ3v) is 6.91. The number of piperidine rings is 1. The van der Waals surface area contributed by atoms with Gasteiger partial charge in [0.15, 0.2) is 6.04 Å². The fraction of sp³-hybridized carbons (Fsp3) is 0.654. The largest absolute Gasteiger partial charge is 0.408 e. The number of likely N-dealkylation sites (tertiary alicyclic amines) is 1. The number of thiocarbonyl (C=S) groups is 1. The highest BCUT2D eigenvalue weighted by Gasteiger charge is 2.39. The molecule has 1 unspecified atom stereocenters. The number of alkyl halides is 5. The van der Waals surface area contributed by atoms with Crippen LogP contribution in [-0.2, 0) is 9.59 Å². The number of pyridine rings is 1. The Bertz CT molecular complexity index is 1110. The number of halogens is 5. The van der Waals surface area contributed by atoms with Gasteiger partial charge in [-0.2, -0.15) is 13.2 Å². The Morgan fingerprint density at radius 3 is 2.45 bits per heavy atom. The average molecular weight is 594 g/mol. The van der Waals surface area contributed by atoms with Crippen LogP contribution >= 0.6 is 12.2 Å². The van der Waals surface area contributed by atoms with Crippen LogP contribution in [0.5, 0.6) is 0 Å². The minimum atomic E-state index is -4.63. The van der Waals surface area contributed by atoms with Crippen LogP contribution in [0.2, 0.25) is 0 Å². The third kappa shape index (κ3) is 9.15. The molecule has 2 rings (SSSR count). The molecule has 1 aromatic heterocycles. The summed E-state index contributed by atoms with van der Waals surface area (Å²) in [5, 5.41) is 14.5. The molecule has 1 aromatic rings. The number of carbonyl (C=O) groups is 2. The van der Waals surface area contributed by atoms with E-state index in [1.54, 1.807) is 0 Å². The topological polar surface area (TPSA) is 107 Å². The van der Waals surface area contributed by atoms with Crippen LogP contribution in [-0.4, -0.2) is 80.4 Å². The van der Waals surface area contributed by atoms with Crippen molar-refractivity contribution in [3.8, 4) is 0 Å². The number of nitrogens with zero attached hydrogens (tertiary/aromatic N) is 3. The molecule has 0 aromatic carbocycles. The molecule has 14 heteroatoms. The molecule has 1 aliphatic rings. The van der Waals surface area contributed by atoms with E-state index in [0.29, 0.717) is 19.4 Å². The Morgan fingerprint density at radius 2 is 1.93 bits per heavy atom. The summed E-state index contributed by atoms with van der Waals surface area (Å²) in [5.41, 5.74) is -2.44. The molecule has 3 atom stereocenters. The highest BCUT2D eigenvalue weighted by molar-refractivity contribution is 7.81. The molecule has 0 radical (unpaired) electrons. The second-order valence-electron chi connectivity index (χ2n) is 10.5. The lowest BCUT2D eigenvalue weighted by atomic mass is 9.98. The zero-order valence-corrected chi connectivity index (χ0v) is 23.9. The van der Waals surface area contributed by atoms with E-state index in [1.165, 1.54) is 32.6 Å². The standard InChI is InChI=1S/C26H36F5N5O3S/c1-6-18(26(29,30)31)35-19-11-16(22(27)28)17(12-32-19)21(40)20(24(38)36-10-8-7-9-14(36)2)34-15(3)23(37)33-13-25(4,5)39/h11-12,14,18,20,22,39H,6-10,13H2,1-5H3,(H,32,35)(H,33,37)/t14-,18-,20?/m0/s1. The van der Waals surface area contributed by atoms with E-state index in [9.17, 15) is 36.6 Å². The number of anilines is 1. The fourth-order valence-electron chi connectivity index (χ4n) is 4.16. The van der Waals surface area contributed by atoms with Gasteiger partial charge in [0.05, 0.1) is 16.2 Å². The molecule has 8 nitrogen and oxygen atoms in total. The van der Waals surface area contributed by atoms with Gasteiger partial charge in [0.2, 0.25) is 0 Å². The number of aliphatic hydroxyl groups is 1. The van der Waals surface area contributed by atoms with Gasteiger partial charge in [0.1, 0.15) is 11.9 Å². The number of rotatable bonds is 11. The summed E-state index contributed by atoms with van der Waals surface area (Å²) < 4.78 is 68.0. The lowest BCUT2D eigenvalue weighted by Gasteiger charge is -2.35. The van der Waals surface area contributed by atoms with Crippen LogP contribution in [0.4, 0.5) is 27.8 Å². The minimum absolute atomic E-state index is 0.116. The highest BCUT2D eigenvalue weighted by Crippen LogP contribution is 2.30. The number of hydrogen-bond acceptors (Lipinski definition) is 7. The SMILES string of the molecule is CC[C@H](Nc1cc(C(F)F)c(C(=S)C(N=C(C)C(=O)NCC(C)(C)O)C(=O)N2CCCC[C@@H]2C)cn1)C(F)(F)F. The van der Waals surface area contributed by atoms with E-state index in [0.717, 1.165) is 18.7 Å². The molecule has 2 heterocycles. The van der Waals surface area contributed by atoms with Crippen LogP contribution in [0.1, 0.15) is 77.9 Å². The molecule has 0 aliphatic carbocycles. The van der Waals surface area contributed by atoms with Crippen molar-refractivity contribution in [2.24, 2.45) is 4.99 Å². The summed E-state index contributed by atoms with van der Waals surface area (Å²) in [6.07, 6.45) is -4.93. The van der Waals surface area contributed by atoms with Gasteiger partial charge in [-0.3, -0.25) is 14.6 Å². The predicted molar refractivity (Wildman–Crippen MR) is 146 cm³/mol. The van der Waals surface area contributed by atoms with E-state index >= 15 is 0 Å². The molecule has 0 spiro atoms. The number of carbonyl (C=O) groups excluding carboxylic acids is 2. The lowest BCUT2D eigenvalue weighted by molar-refractivity contribution is -0.143. The van der Waals surface area contributed by atoms with Crippen LogP contribution in [0, 0.1) is 0 Å². The van der Waals surface area contributed by atoms with Crippen LogP contribution in [0.25, 0.3) is 0 Å². The van der Waals surface area contributed by atoms with E-state index < -0.39 is 53.5 Å². The van der Waals surface area contributed by atoms with Gasteiger partial charge < -0.3 is 20.6 Å². The first-order chi connectivity index (χ1) is 18.5. The molecule has 224 valence electrons. The smallest absolute Gasteiger partial charge is 0.389 e. The molecule has 0 bridgehead atoms. The van der Waals surface area contributed by atoms with Gasteiger partial charge in [-0.25, -0.2) is 13.8 Å². The summed E-state index contributed by atoms with van der Waals surface area (Å²) in [6.45, 7) is 7.68. The van der Waals surface area contributed by atoms with Gasteiger partial charge in [0.25, 0.3) is 18.2 Å². The normalized spacial score (nSPS) is 18.4. The predicted octanol–water partition coefficient (Wildman–Crippen LogP) is 4.61. The number of nitrogens with one attached hydrogen (secondary N) is 2. The second-order valence-corrected chi connectivity index (χ2v) is 10.9. The van der Waals surface area contributed by atoms with Crippen molar-refractivity contribution in [1.29, 1.82) is 0 Å². The molecule has 3 N–H and O–H groups in total. The number of amides is 2. The summed E-state index contributed by atoms with van der Waals surface area (Å²) in [4.78, 5) is 35.6. The third-order valence-electron chi connectivity index (χ3n) is 6.46. The van der Waals surface area contributed by atoms with Crippen molar-refractivity contribution in [3.63, 3.8) is 0 Å². The minimum Gasteiger partial charge on any atom is -0.389 e. The van der Waals surface area contributed by atoms with E-state index in [1.807, 2.05) is 6.92 Å². The maximum absolute atomic E-state index is 14.1. The van der Waals surface area contributed by atoms with Crippen molar-refractivity contribution in [2.45, 2.75) is 96.6 Å². The molecule has 1 aliphatic heterocycles. The first-order valence-corrected chi connectivity index (χ1v) is 13.4. The van der Waals surface area contributed by atoms with E-state index in [-0.39, 0.29) is 35.1 Å². The Hall–Kier alpha value is -2.74. The lowest BCUT2D eigenvalue weighted by Crippen LogP contribution is -2.49. The van der Waals surface area contributed by atoms with Gasteiger partial charge in [-0.1, -0.05) is 19.1 Å². The van der Waals surface area contributed by atoms with Crippen LogP contribution in [0.15, 0.2) is 17.3 Å². The molecular formula is C26H36F5N5O3S. The molecule has 1 fully saturated rings. The zero-order valence-electron chi connectivity index (χ0n) is 23.1. The summed E-state index contributed by atoms with van der Waals surface area (Å²) >= 11 is 5.47. The maximum atomic E-state index is 14.1. The van der Waals surface area contributed by atoms with Crippen molar-refractivity contribution < 1.29 is 36.6 Å². The number of aliphatic imine (C=N–C) groups is 1. The monoisotopic (exact) mass is 593 g/mol. The maximum Gasteiger partial charge on any atom is 0.408 e. The van der Waals surface area contributed by atoms with Gasteiger partial charge >= 0.3 is 6.18 Å². The Kier molecular flexibility index (Phi) is 11.5. The summed E-state index contributed by atoms with van der Waals surface area (Å²) in [5.74, 6) is -1.71. The first-order valence-electron chi connectivity index (χ1n) is 13.0. The quantitative estimate of drug-likeness (QED) is 0.150. The molecular weight excluding hydrogens is 557 g/mol. The number of aromatic nitrogens is 1. The number of hydrogen-bond donors (Lipinski definition) is 3. The second kappa shape index (κ2) is 13.7. The van der Waals surface area contributed by atoms with Gasteiger partial charge in [-0.15, -0.1) is 0 Å². The van der Waals surface area contributed by atoms with Crippen molar-refractivity contribution >= 4 is 40.4 Å². The Labute approximate surface area is 235 Å². The van der Waals surface area contributed by atoms with Crippen molar-refractivity contribution in [2.75, 3.05) is 18.4 Å². The van der Waals surface area contributed by atoms with Crippen molar-refractivity contribution in [1.82, 2.24) is 15.2 Å². The fourth-order valence-corrected chi connectivity index (χ4v) is 4.49. The zero-order chi connectivity index (χ0) is 30.4. The van der Waals surface area contributed by atoms with Crippen molar-refractivity contribution in [3.05, 3.63) is 23.4 Å². The van der Waals surface area contributed by atoms with Crippen LogP contribution < -0.4 is 10.6 Å². The molecule has 0 saturated carbocycles. The molecule has 40 heavy (non-hydrogen) atoms.